The average Bonchev–Trinajstić information content (AvgIpc) is 2.19. The van der Waals surface area contributed by atoms with Crippen molar-refractivity contribution in [3.8, 4) is 0 Å². The van der Waals surface area contributed by atoms with Gasteiger partial charge in [0, 0.05) is 0 Å². The molecule has 0 spiro atoms. The van der Waals surface area contributed by atoms with Gasteiger partial charge in [-0.3, -0.25) is 0 Å². The normalized spacial score (nSPS) is 35.6. The van der Waals surface area contributed by atoms with E-state index in [2.05, 4.69) is 20.8 Å². The van der Waals surface area contributed by atoms with Gasteiger partial charge in [-0.25, -0.2) is 0 Å². The van der Waals surface area contributed by atoms with E-state index in [0.717, 1.165) is 25.0 Å². The molecular formula is C12H25NO. The van der Waals surface area contributed by atoms with Gasteiger partial charge in [0.05, 0.1) is 12.7 Å². The Labute approximate surface area is 88.2 Å². The summed E-state index contributed by atoms with van der Waals surface area (Å²) in [5, 5.41) is 0. The Balaban J connectivity index is 2.20. The average molecular weight is 199 g/mol. The van der Waals surface area contributed by atoms with Crippen LogP contribution < -0.4 is 5.73 Å². The standard InChI is InChI=1S/C12H25NO/c1-9(7-13)8-14-12-5-4-10(2)11(3)6-12/h9-12H,4-8,13H2,1-3H3. The molecule has 4 atom stereocenters. The third-order valence-electron chi connectivity index (χ3n) is 3.57. The van der Waals surface area contributed by atoms with Crippen LogP contribution in [0.15, 0.2) is 0 Å². The molecule has 14 heavy (non-hydrogen) atoms. The Hall–Kier alpha value is -0.0800. The fourth-order valence-corrected chi connectivity index (χ4v) is 2.02. The first kappa shape index (κ1) is 12.0. The number of hydrogen-bond acceptors (Lipinski definition) is 2. The van der Waals surface area contributed by atoms with Crippen LogP contribution in [-0.4, -0.2) is 19.3 Å². The molecule has 0 aromatic heterocycles. The van der Waals surface area contributed by atoms with Crippen LogP contribution in [0.1, 0.15) is 40.0 Å². The summed E-state index contributed by atoms with van der Waals surface area (Å²) in [4.78, 5) is 0. The van der Waals surface area contributed by atoms with Crippen molar-refractivity contribution < 1.29 is 4.74 Å². The maximum atomic E-state index is 5.87. The second-order valence-corrected chi connectivity index (χ2v) is 5.06. The molecule has 1 rings (SSSR count). The lowest BCUT2D eigenvalue weighted by Gasteiger charge is -2.32. The van der Waals surface area contributed by atoms with Crippen molar-refractivity contribution in [2.75, 3.05) is 13.2 Å². The molecule has 4 unspecified atom stereocenters. The van der Waals surface area contributed by atoms with Crippen molar-refractivity contribution in [2.45, 2.75) is 46.1 Å². The molecule has 0 aliphatic heterocycles. The lowest BCUT2D eigenvalue weighted by Crippen LogP contribution is -2.29. The van der Waals surface area contributed by atoms with Gasteiger partial charge in [-0.2, -0.15) is 0 Å². The summed E-state index contributed by atoms with van der Waals surface area (Å²) in [6.45, 7) is 8.41. The number of rotatable bonds is 4. The summed E-state index contributed by atoms with van der Waals surface area (Å²) in [7, 11) is 0. The molecule has 1 aliphatic carbocycles. The molecule has 0 heterocycles. The molecule has 0 aromatic rings. The predicted molar refractivity (Wildman–Crippen MR) is 60.1 cm³/mol. The van der Waals surface area contributed by atoms with Gasteiger partial charge < -0.3 is 10.5 Å². The zero-order chi connectivity index (χ0) is 10.6. The number of hydrogen-bond donors (Lipinski definition) is 1. The maximum Gasteiger partial charge on any atom is 0.0578 e. The quantitative estimate of drug-likeness (QED) is 0.754. The topological polar surface area (TPSA) is 35.2 Å². The van der Waals surface area contributed by atoms with Crippen LogP contribution >= 0.6 is 0 Å². The molecule has 0 bridgehead atoms. The van der Waals surface area contributed by atoms with Crippen LogP contribution in [0.3, 0.4) is 0 Å². The van der Waals surface area contributed by atoms with Gasteiger partial charge in [-0.05, 0) is 43.6 Å². The van der Waals surface area contributed by atoms with Crippen LogP contribution in [0.2, 0.25) is 0 Å². The highest BCUT2D eigenvalue weighted by Gasteiger charge is 2.24. The fraction of sp³-hybridized carbons (Fsp3) is 1.00. The third kappa shape index (κ3) is 3.58. The van der Waals surface area contributed by atoms with Gasteiger partial charge >= 0.3 is 0 Å². The zero-order valence-corrected chi connectivity index (χ0v) is 9.83. The molecule has 2 nitrogen and oxygen atoms in total. The summed E-state index contributed by atoms with van der Waals surface area (Å²) in [6, 6.07) is 0. The smallest absolute Gasteiger partial charge is 0.0578 e. The monoisotopic (exact) mass is 199 g/mol. The minimum absolute atomic E-state index is 0.496. The molecule has 2 N–H and O–H groups in total. The van der Waals surface area contributed by atoms with Gasteiger partial charge in [0.25, 0.3) is 0 Å². The Kier molecular flexibility index (Phi) is 4.90. The predicted octanol–water partition coefficient (Wildman–Crippen LogP) is 2.42. The SMILES string of the molecule is CC(CN)COC1CCC(C)C(C)C1. The Morgan fingerprint density at radius 2 is 2.00 bits per heavy atom. The van der Waals surface area contributed by atoms with Crippen molar-refractivity contribution in [3.05, 3.63) is 0 Å². The van der Waals surface area contributed by atoms with Gasteiger partial charge in [-0.15, -0.1) is 0 Å². The van der Waals surface area contributed by atoms with Crippen LogP contribution in [-0.2, 0) is 4.74 Å². The number of ether oxygens (including phenoxy) is 1. The molecule has 0 amide bonds. The van der Waals surface area contributed by atoms with Crippen molar-refractivity contribution in [2.24, 2.45) is 23.5 Å². The molecule has 1 fully saturated rings. The Bertz CT molecular complexity index is 160. The van der Waals surface area contributed by atoms with Crippen LogP contribution in [0.25, 0.3) is 0 Å². The second-order valence-electron chi connectivity index (χ2n) is 5.06. The van der Waals surface area contributed by atoms with Crippen molar-refractivity contribution >= 4 is 0 Å². The van der Waals surface area contributed by atoms with Gasteiger partial charge in [-0.1, -0.05) is 20.8 Å². The van der Waals surface area contributed by atoms with Crippen LogP contribution in [0.4, 0.5) is 0 Å². The maximum absolute atomic E-state index is 5.87. The highest BCUT2D eigenvalue weighted by Crippen LogP contribution is 2.30. The van der Waals surface area contributed by atoms with Crippen molar-refractivity contribution in [1.82, 2.24) is 0 Å². The van der Waals surface area contributed by atoms with Gasteiger partial charge in [0.2, 0.25) is 0 Å². The second kappa shape index (κ2) is 5.72. The lowest BCUT2D eigenvalue weighted by molar-refractivity contribution is -0.0104. The van der Waals surface area contributed by atoms with Crippen LogP contribution in [0, 0.1) is 17.8 Å². The van der Waals surface area contributed by atoms with E-state index in [9.17, 15) is 0 Å². The first-order chi connectivity index (χ1) is 6.63. The summed E-state index contributed by atoms with van der Waals surface area (Å²) in [5.74, 6) is 2.20. The van der Waals surface area contributed by atoms with E-state index >= 15 is 0 Å². The summed E-state index contributed by atoms with van der Waals surface area (Å²) >= 11 is 0. The van der Waals surface area contributed by atoms with E-state index in [4.69, 9.17) is 10.5 Å². The Morgan fingerprint density at radius 1 is 1.29 bits per heavy atom. The zero-order valence-electron chi connectivity index (χ0n) is 9.83. The minimum atomic E-state index is 0.496. The molecule has 1 saturated carbocycles. The largest absolute Gasteiger partial charge is 0.378 e. The summed E-state index contributed by atoms with van der Waals surface area (Å²) < 4.78 is 5.87. The minimum Gasteiger partial charge on any atom is -0.378 e. The summed E-state index contributed by atoms with van der Waals surface area (Å²) in [5.41, 5.74) is 5.56. The van der Waals surface area contributed by atoms with E-state index in [1.54, 1.807) is 0 Å². The van der Waals surface area contributed by atoms with E-state index in [0.29, 0.717) is 12.0 Å². The molecule has 2 heteroatoms. The van der Waals surface area contributed by atoms with Gasteiger partial charge in [0.1, 0.15) is 0 Å². The Morgan fingerprint density at radius 3 is 2.57 bits per heavy atom. The number of nitrogens with two attached hydrogens (primary N) is 1. The van der Waals surface area contributed by atoms with Crippen molar-refractivity contribution in [3.63, 3.8) is 0 Å². The van der Waals surface area contributed by atoms with E-state index in [1.807, 2.05) is 0 Å². The molecular weight excluding hydrogens is 174 g/mol. The lowest BCUT2D eigenvalue weighted by atomic mass is 9.80. The molecule has 0 radical (unpaired) electrons. The fourth-order valence-electron chi connectivity index (χ4n) is 2.02. The molecule has 84 valence electrons. The first-order valence-corrected chi connectivity index (χ1v) is 5.95. The molecule has 1 aliphatic rings. The van der Waals surface area contributed by atoms with E-state index in [-0.39, 0.29) is 0 Å². The molecule has 0 aromatic carbocycles. The molecule has 0 saturated heterocycles. The highest BCUT2D eigenvalue weighted by molar-refractivity contribution is 4.75. The van der Waals surface area contributed by atoms with Crippen molar-refractivity contribution in [1.29, 1.82) is 0 Å². The van der Waals surface area contributed by atoms with E-state index < -0.39 is 0 Å². The van der Waals surface area contributed by atoms with E-state index in [1.165, 1.54) is 19.3 Å². The first-order valence-electron chi connectivity index (χ1n) is 5.95. The van der Waals surface area contributed by atoms with Crippen LogP contribution in [0.5, 0.6) is 0 Å². The highest BCUT2D eigenvalue weighted by atomic mass is 16.5. The van der Waals surface area contributed by atoms with Gasteiger partial charge in [0.15, 0.2) is 0 Å². The summed E-state index contributed by atoms with van der Waals surface area (Å²) in [6.07, 6.45) is 4.29. The third-order valence-corrected chi connectivity index (χ3v) is 3.57.